The van der Waals surface area contributed by atoms with Gasteiger partial charge in [-0.3, -0.25) is 0 Å². The zero-order chi connectivity index (χ0) is 23.9. The van der Waals surface area contributed by atoms with Gasteiger partial charge in [-0.05, 0) is 78.3 Å². The van der Waals surface area contributed by atoms with Crippen molar-refractivity contribution in [2.45, 2.75) is 32.4 Å². The van der Waals surface area contributed by atoms with Gasteiger partial charge < -0.3 is 24.5 Å². The van der Waals surface area contributed by atoms with E-state index in [-0.39, 0.29) is 12.4 Å². The van der Waals surface area contributed by atoms with E-state index in [1.165, 1.54) is 12.1 Å². The van der Waals surface area contributed by atoms with Crippen molar-refractivity contribution in [2.24, 2.45) is 17.0 Å². The van der Waals surface area contributed by atoms with Crippen LogP contribution in [0.5, 0.6) is 5.75 Å². The van der Waals surface area contributed by atoms with E-state index in [4.69, 9.17) is 9.57 Å². The molecule has 2 fully saturated rings. The third kappa shape index (κ3) is 3.82. The molecule has 7 heteroatoms. The van der Waals surface area contributed by atoms with Crippen molar-refractivity contribution in [1.82, 2.24) is 4.90 Å². The first kappa shape index (κ1) is 22.7. The normalized spacial score (nSPS) is 23.6. The summed E-state index contributed by atoms with van der Waals surface area (Å²) in [6.07, 6.45) is 3.87. The number of hydrogen-bond acceptors (Lipinski definition) is 6. The van der Waals surface area contributed by atoms with E-state index in [0.29, 0.717) is 18.0 Å². The van der Waals surface area contributed by atoms with Crippen LogP contribution >= 0.6 is 0 Å². The maximum absolute atomic E-state index is 13.5. The van der Waals surface area contributed by atoms with Gasteiger partial charge >= 0.3 is 0 Å². The van der Waals surface area contributed by atoms with Crippen LogP contribution in [-0.4, -0.2) is 49.2 Å². The molecule has 3 aliphatic rings. The Bertz CT molecular complexity index is 1110. The van der Waals surface area contributed by atoms with Crippen LogP contribution in [0, 0.1) is 17.7 Å². The predicted octanol–water partition coefficient (Wildman–Crippen LogP) is 4.59. The van der Waals surface area contributed by atoms with Gasteiger partial charge in [0.15, 0.2) is 5.84 Å². The summed E-state index contributed by atoms with van der Waals surface area (Å²) in [6.45, 7) is 7.09. The van der Waals surface area contributed by atoms with Crippen molar-refractivity contribution >= 4 is 17.6 Å². The van der Waals surface area contributed by atoms with Gasteiger partial charge in [0.25, 0.3) is 5.72 Å². The molecule has 5 rings (SSSR count). The first-order valence-corrected chi connectivity index (χ1v) is 12.0. The second-order valence-corrected chi connectivity index (χ2v) is 9.72. The maximum atomic E-state index is 13.5. The lowest BCUT2D eigenvalue weighted by Gasteiger charge is -2.43. The summed E-state index contributed by atoms with van der Waals surface area (Å²) in [6, 6.07) is 12.4. The highest BCUT2D eigenvalue weighted by molar-refractivity contribution is 6.03. The number of amidine groups is 1. The quantitative estimate of drug-likeness (QED) is 0.676. The number of oxime groups is 1. The molecule has 2 saturated heterocycles. The second kappa shape index (κ2) is 8.95. The molecule has 180 valence electrons. The molecule has 0 aromatic heterocycles. The zero-order valence-electron chi connectivity index (χ0n) is 20.0. The summed E-state index contributed by atoms with van der Waals surface area (Å²) in [7, 11) is 1.71. The lowest BCUT2D eigenvalue weighted by molar-refractivity contribution is -0.137. The highest BCUT2D eigenvalue weighted by Gasteiger charge is 2.49. The molecule has 0 saturated carbocycles. The highest BCUT2D eigenvalue weighted by Crippen LogP contribution is 2.41. The first-order valence-electron chi connectivity index (χ1n) is 12.0. The van der Waals surface area contributed by atoms with Crippen molar-refractivity contribution < 1.29 is 19.1 Å². The molecule has 1 N–H and O–H groups in total. The van der Waals surface area contributed by atoms with Gasteiger partial charge in [-0.25, -0.2) is 4.39 Å². The van der Waals surface area contributed by atoms with Crippen molar-refractivity contribution in [3.05, 3.63) is 65.0 Å². The minimum absolute atomic E-state index is 0.283. The highest BCUT2D eigenvalue weighted by atomic mass is 19.1. The number of benzene rings is 2. The Morgan fingerprint density at radius 1 is 1.24 bits per heavy atom. The van der Waals surface area contributed by atoms with Gasteiger partial charge in [0.05, 0.1) is 12.8 Å². The topological polar surface area (TPSA) is 57.5 Å². The van der Waals surface area contributed by atoms with Crippen LogP contribution in [0.3, 0.4) is 0 Å². The molecule has 1 atom stereocenters. The molecule has 34 heavy (non-hydrogen) atoms. The molecular weight excluding hydrogens is 433 g/mol. The van der Waals surface area contributed by atoms with Crippen molar-refractivity contribution in [3.63, 3.8) is 0 Å². The third-order valence-electron chi connectivity index (χ3n) is 7.34. The molecule has 2 aromatic carbocycles. The van der Waals surface area contributed by atoms with Crippen LogP contribution in [-0.2, 0) is 10.6 Å². The maximum Gasteiger partial charge on any atom is 0.260 e. The average Bonchev–Trinajstić information content (AvgIpc) is 3.20. The summed E-state index contributed by atoms with van der Waals surface area (Å²) in [5.41, 5.74) is 2.75. The van der Waals surface area contributed by atoms with Crippen molar-refractivity contribution in [2.75, 3.05) is 38.3 Å². The molecular formula is C27H32FN3O3. The van der Waals surface area contributed by atoms with Crippen LogP contribution < -0.4 is 9.64 Å². The molecule has 0 spiro atoms. The lowest BCUT2D eigenvalue weighted by atomic mass is 9.88. The van der Waals surface area contributed by atoms with Crippen LogP contribution in [0.2, 0.25) is 0 Å². The number of ether oxygens (including phenoxy) is 1. The standard InChI is InChI=1S/C27H32FN3O3/c1-18(2)21-15-30(16-21)24-11-6-19(14-25(24)33-3)13-20-5-4-12-31-26(20)29-34-27(31,17-32)22-7-9-23(28)10-8-22/h6-11,13-14,18,21,32H,4-5,12,15-17H2,1-3H3. The molecule has 1 unspecified atom stereocenters. The number of aliphatic hydroxyl groups excluding tert-OH is 1. The fraction of sp³-hybridized carbons (Fsp3) is 0.444. The average molecular weight is 466 g/mol. The Morgan fingerprint density at radius 2 is 2.00 bits per heavy atom. The molecule has 2 aromatic rings. The predicted molar refractivity (Wildman–Crippen MR) is 131 cm³/mol. The Balaban J connectivity index is 1.40. The summed E-state index contributed by atoms with van der Waals surface area (Å²) in [4.78, 5) is 10.2. The summed E-state index contributed by atoms with van der Waals surface area (Å²) in [5.74, 6) is 2.68. The number of anilines is 1. The van der Waals surface area contributed by atoms with Crippen LogP contribution in [0.4, 0.5) is 10.1 Å². The Labute approximate surface area is 200 Å². The van der Waals surface area contributed by atoms with Crippen LogP contribution in [0.1, 0.15) is 37.8 Å². The number of rotatable bonds is 6. The van der Waals surface area contributed by atoms with E-state index >= 15 is 0 Å². The third-order valence-corrected chi connectivity index (χ3v) is 7.34. The van der Waals surface area contributed by atoms with Gasteiger partial charge in [0, 0.05) is 25.2 Å². The lowest BCUT2D eigenvalue weighted by Crippen LogP contribution is -2.51. The number of piperidine rings is 1. The number of halogens is 1. The summed E-state index contributed by atoms with van der Waals surface area (Å²) < 4.78 is 19.2. The number of nitrogens with zero attached hydrogens (tertiary/aromatic N) is 3. The van der Waals surface area contributed by atoms with Crippen LogP contribution in [0.25, 0.3) is 6.08 Å². The number of aliphatic hydroxyl groups is 1. The van der Waals surface area contributed by atoms with Crippen molar-refractivity contribution in [1.29, 1.82) is 0 Å². The molecule has 3 heterocycles. The molecule has 0 bridgehead atoms. The van der Waals surface area contributed by atoms with E-state index in [1.807, 2.05) is 4.90 Å². The van der Waals surface area contributed by atoms with E-state index in [9.17, 15) is 9.50 Å². The van der Waals surface area contributed by atoms with Crippen LogP contribution in [0.15, 0.2) is 53.2 Å². The summed E-state index contributed by atoms with van der Waals surface area (Å²) in [5, 5.41) is 14.7. The Hall–Kier alpha value is -3.06. The monoisotopic (exact) mass is 465 g/mol. The van der Waals surface area contributed by atoms with E-state index < -0.39 is 5.72 Å². The van der Waals surface area contributed by atoms with Gasteiger partial charge in [-0.2, -0.15) is 0 Å². The molecule has 0 radical (unpaired) electrons. The smallest absolute Gasteiger partial charge is 0.260 e. The zero-order valence-corrected chi connectivity index (χ0v) is 20.0. The van der Waals surface area contributed by atoms with E-state index in [2.05, 4.69) is 48.2 Å². The number of fused-ring (bicyclic) bond motifs is 1. The van der Waals surface area contributed by atoms with Gasteiger partial charge in [-0.1, -0.05) is 25.1 Å². The SMILES string of the molecule is COc1cc(C=C2CCCN3C2=NOC3(CO)c2ccc(F)cc2)ccc1N1CC(C(C)C)C1. The summed E-state index contributed by atoms with van der Waals surface area (Å²) >= 11 is 0. The van der Waals surface area contributed by atoms with Gasteiger partial charge in [0.1, 0.15) is 18.2 Å². The van der Waals surface area contributed by atoms with Gasteiger partial charge in [-0.15, -0.1) is 0 Å². The fourth-order valence-electron chi connectivity index (χ4n) is 5.08. The van der Waals surface area contributed by atoms with E-state index in [0.717, 1.165) is 60.3 Å². The fourth-order valence-corrected chi connectivity index (χ4v) is 5.08. The number of methoxy groups -OCH3 is 1. The molecule has 3 aliphatic heterocycles. The molecule has 0 amide bonds. The van der Waals surface area contributed by atoms with Gasteiger partial charge in [0.2, 0.25) is 0 Å². The van der Waals surface area contributed by atoms with Crippen molar-refractivity contribution in [3.8, 4) is 5.75 Å². The molecule has 0 aliphatic carbocycles. The minimum atomic E-state index is -1.13. The second-order valence-electron chi connectivity index (χ2n) is 9.72. The minimum Gasteiger partial charge on any atom is -0.495 e. The van der Waals surface area contributed by atoms with E-state index in [1.54, 1.807) is 19.2 Å². The molecule has 6 nitrogen and oxygen atoms in total. The largest absolute Gasteiger partial charge is 0.495 e. The Morgan fingerprint density at radius 3 is 2.68 bits per heavy atom. The first-order chi connectivity index (χ1) is 16.4. The Kier molecular flexibility index (Phi) is 5.98. The number of hydrogen-bond donors (Lipinski definition) is 1.